The van der Waals surface area contributed by atoms with E-state index < -0.39 is 21.8 Å². The molecule has 0 bridgehead atoms. The molecule has 0 saturated heterocycles. The maximum Gasteiger partial charge on any atom is 0.416 e. The lowest BCUT2D eigenvalue weighted by atomic mass is 10.1. The zero-order valence-electron chi connectivity index (χ0n) is 17.2. The van der Waals surface area contributed by atoms with Gasteiger partial charge < -0.3 is 9.26 Å². The second kappa shape index (κ2) is 8.52. The van der Waals surface area contributed by atoms with E-state index in [2.05, 4.69) is 10.1 Å². The average molecular weight is 496 g/mol. The van der Waals surface area contributed by atoms with Crippen LogP contribution in [0, 0.1) is 0 Å². The number of benzene rings is 2. The number of halogens is 3. The normalized spacial score (nSPS) is 12.0. The summed E-state index contributed by atoms with van der Waals surface area (Å²) in [5.41, 5.74) is -0.387. The van der Waals surface area contributed by atoms with Gasteiger partial charge in [0.05, 0.1) is 18.4 Å². The number of sulfonamides is 1. The predicted octanol–water partition coefficient (Wildman–Crippen LogP) is 5.32. The minimum Gasteiger partial charge on any atom is -0.497 e. The van der Waals surface area contributed by atoms with Crippen molar-refractivity contribution < 1.29 is 30.8 Å². The second-order valence-electron chi connectivity index (χ2n) is 6.79. The number of nitrogens with zero attached hydrogens (tertiary/aromatic N) is 3. The van der Waals surface area contributed by atoms with Gasteiger partial charge >= 0.3 is 6.18 Å². The summed E-state index contributed by atoms with van der Waals surface area (Å²) in [6.45, 7) is 0. The Morgan fingerprint density at radius 1 is 1.09 bits per heavy atom. The van der Waals surface area contributed by atoms with E-state index in [1.54, 1.807) is 29.6 Å². The first kappa shape index (κ1) is 22.8. The molecule has 2 aromatic carbocycles. The van der Waals surface area contributed by atoms with Gasteiger partial charge in [-0.05, 0) is 35.7 Å². The first-order chi connectivity index (χ1) is 15.6. The van der Waals surface area contributed by atoms with Crippen LogP contribution in [-0.4, -0.2) is 32.7 Å². The molecule has 12 heteroatoms. The molecule has 0 N–H and O–H groups in total. The number of anilines is 1. The van der Waals surface area contributed by atoms with E-state index in [1.807, 2.05) is 0 Å². The molecule has 0 aliphatic heterocycles. The number of aromatic nitrogens is 2. The van der Waals surface area contributed by atoms with Gasteiger partial charge in [-0.3, -0.25) is 4.31 Å². The van der Waals surface area contributed by atoms with Crippen molar-refractivity contribution in [2.75, 3.05) is 18.5 Å². The van der Waals surface area contributed by atoms with E-state index in [0.29, 0.717) is 11.4 Å². The van der Waals surface area contributed by atoms with Crippen LogP contribution in [0.25, 0.3) is 22.2 Å². The summed E-state index contributed by atoms with van der Waals surface area (Å²) in [7, 11) is -1.15. The number of hydrogen-bond acceptors (Lipinski definition) is 7. The molecule has 0 aliphatic carbocycles. The van der Waals surface area contributed by atoms with Crippen molar-refractivity contribution in [3.05, 3.63) is 65.5 Å². The minimum absolute atomic E-state index is 0.0722. The van der Waals surface area contributed by atoms with Crippen LogP contribution < -0.4 is 9.04 Å². The van der Waals surface area contributed by atoms with Gasteiger partial charge in [0.1, 0.15) is 15.5 Å². The lowest BCUT2D eigenvalue weighted by Gasteiger charge is -2.19. The third-order valence-corrected chi connectivity index (χ3v) is 7.61. The first-order valence-electron chi connectivity index (χ1n) is 9.33. The van der Waals surface area contributed by atoms with Crippen LogP contribution in [0.1, 0.15) is 5.56 Å². The molecule has 0 saturated carbocycles. The summed E-state index contributed by atoms with van der Waals surface area (Å²) < 4.78 is 77.1. The minimum atomic E-state index is -4.53. The third-order valence-electron chi connectivity index (χ3n) is 4.75. The van der Waals surface area contributed by atoms with E-state index in [9.17, 15) is 21.6 Å². The van der Waals surface area contributed by atoms with Crippen LogP contribution in [0.4, 0.5) is 18.9 Å². The lowest BCUT2D eigenvalue weighted by Crippen LogP contribution is -2.26. The molecule has 4 aromatic rings. The van der Waals surface area contributed by atoms with Crippen LogP contribution >= 0.6 is 11.3 Å². The second-order valence-corrected chi connectivity index (χ2v) is 9.64. The molecule has 33 heavy (non-hydrogen) atoms. The molecule has 0 unspecified atom stereocenters. The highest BCUT2D eigenvalue weighted by molar-refractivity contribution is 7.93. The van der Waals surface area contributed by atoms with Crippen molar-refractivity contribution in [2.24, 2.45) is 0 Å². The number of alkyl halides is 3. The number of thiophene rings is 1. The Bertz CT molecular complexity index is 1400. The van der Waals surface area contributed by atoms with Gasteiger partial charge in [-0.2, -0.15) is 18.2 Å². The highest BCUT2D eigenvalue weighted by Crippen LogP contribution is 2.37. The molecule has 2 aromatic heterocycles. The zero-order valence-corrected chi connectivity index (χ0v) is 18.8. The molecule has 2 heterocycles. The van der Waals surface area contributed by atoms with E-state index in [1.165, 1.54) is 32.4 Å². The molecule has 7 nitrogen and oxygen atoms in total. The molecule has 0 radical (unpaired) electrons. The zero-order chi connectivity index (χ0) is 23.8. The van der Waals surface area contributed by atoms with Crippen molar-refractivity contribution in [3.63, 3.8) is 0 Å². The fourth-order valence-corrected chi connectivity index (χ4v) is 5.52. The fourth-order valence-electron chi connectivity index (χ4n) is 3.02. The van der Waals surface area contributed by atoms with Crippen LogP contribution in [0.5, 0.6) is 5.75 Å². The van der Waals surface area contributed by atoms with Crippen LogP contribution in [0.3, 0.4) is 0 Å². The molecular weight excluding hydrogens is 479 g/mol. The first-order valence-corrected chi connectivity index (χ1v) is 11.7. The van der Waals surface area contributed by atoms with Crippen molar-refractivity contribution >= 4 is 27.0 Å². The molecule has 0 fully saturated rings. The largest absolute Gasteiger partial charge is 0.497 e. The SMILES string of the molecule is COc1cccc(N(C)S(=O)(=O)c2ccsc2-c2nc(-c3cccc(C(F)(F)F)c3)no2)c1. The number of hydrogen-bond donors (Lipinski definition) is 0. The fraction of sp³-hybridized carbons (Fsp3) is 0.143. The topological polar surface area (TPSA) is 85.5 Å². The van der Waals surface area contributed by atoms with Crippen LogP contribution in [-0.2, 0) is 16.2 Å². The van der Waals surface area contributed by atoms with E-state index >= 15 is 0 Å². The molecule has 4 rings (SSSR count). The summed E-state index contributed by atoms with van der Waals surface area (Å²) in [6, 6.07) is 12.4. The van der Waals surface area contributed by atoms with Gasteiger partial charge in [-0.1, -0.05) is 23.4 Å². The molecule has 0 amide bonds. The maximum atomic E-state index is 13.3. The van der Waals surface area contributed by atoms with Gasteiger partial charge in [-0.15, -0.1) is 11.3 Å². The molecular formula is C21H16F3N3O4S2. The predicted molar refractivity (Wildman–Crippen MR) is 117 cm³/mol. The molecule has 172 valence electrons. The summed E-state index contributed by atoms with van der Waals surface area (Å²) in [4.78, 5) is 4.25. The van der Waals surface area contributed by atoms with E-state index in [4.69, 9.17) is 9.26 Å². The van der Waals surface area contributed by atoms with Crippen LogP contribution in [0.15, 0.2) is 69.4 Å². The number of methoxy groups -OCH3 is 1. The Hall–Kier alpha value is -3.38. The van der Waals surface area contributed by atoms with Crippen molar-refractivity contribution in [1.82, 2.24) is 10.1 Å². The molecule has 0 aliphatic rings. The summed E-state index contributed by atoms with van der Waals surface area (Å²) in [6.07, 6.45) is -4.53. The quantitative estimate of drug-likeness (QED) is 0.360. The number of rotatable bonds is 6. The Morgan fingerprint density at radius 3 is 2.58 bits per heavy atom. The Kier molecular flexibility index (Phi) is 5.89. The number of ether oxygens (including phenoxy) is 1. The lowest BCUT2D eigenvalue weighted by molar-refractivity contribution is -0.137. The third kappa shape index (κ3) is 4.44. The standard InChI is InChI=1S/C21H16F3N3O4S2/c1-27(15-7-4-8-16(12-15)30-2)33(28,29)17-9-10-32-18(17)20-25-19(26-31-20)13-5-3-6-14(11-13)21(22,23)24/h3-12H,1-2H3. The maximum absolute atomic E-state index is 13.3. The van der Waals surface area contributed by atoms with Crippen molar-refractivity contribution in [3.8, 4) is 27.9 Å². The van der Waals surface area contributed by atoms with Gasteiger partial charge in [0.2, 0.25) is 5.82 Å². The molecule has 0 spiro atoms. The summed E-state index contributed by atoms with van der Waals surface area (Å²) in [5, 5.41) is 5.29. The summed E-state index contributed by atoms with van der Waals surface area (Å²) >= 11 is 1.06. The van der Waals surface area contributed by atoms with Crippen molar-refractivity contribution in [2.45, 2.75) is 11.1 Å². The van der Waals surface area contributed by atoms with Gasteiger partial charge in [0.15, 0.2) is 0 Å². The average Bonchev–Trinajstić information content (AvgIpc) is 3.48. The smallest absolute Gasteiger partial charge is 0.416 e. The Balaban J connectivity index is 1.69. The van der Waals surface area contributed by atoms with E-state index in [0.717, 1.165) is 27.8 Å². The van der Waals surface area contributed by atoms with Gasteiger partial charge in [0, 0.05) is 18.7 Å². The molecule has 0 atom stereocenters. The van der Waals surface area contributed by atoms with Crippen molar-refractivity contribution in [1.29, 1.82) is 0 Å². The van der Waals surface area contributed by atoms with Gasteiger partial charge in [0.25, 0.3) is 15.9 Å². The van der Waals surface area contributed by atoms with Gasteiger partial charge in [-0.25, -0.2) is 8.42 Å². The Labute approximate surface area is 191 Å². The van der Waals surface area contributed by atoms with Crippen LogP contribution in [0.2, 0.25) is 0 Å². The monoisotopic (exact) mass is 495 g/mol. The highest BCUT2D eigenvalue weighted by Gasteiger charge is 2.31. The highest BCUT2D eigenvalue weighted by atomic mass is 32.2. The van der Waals surface area contributed by atoms with E-state index in [-0.39, 0.29) is 27.1 Å². The summed E-state index contributed by atoms with van der Waals surface area (Å²) in [5.74, 6) is 0.284. The Morgan fingerprint density at radius 2 is 1.85 bits per heavy atom.